The Bertz CT molecular complexity index is 390. The van der Waals surface area contributed by atoms with E-state index < -0.39 is 0 Å². The van der Waals surface area contributed by atoms with Crippen molar-refractivity contribution in [3.63, 3.8) is 0 Å². The number of nitrogens with zero attached hydrogens (tertiary/aromatic N) is 4. The van der Waals surface area contributed by atoms with Crippen LogP contribution >= 0.6 is 11.6 Å². The molecule has 0 unspecified atom stereocenters. The Balaban J connectivity index is 2.10. The fourth-order valence-electron chi connectivity index (χ4n) is 1.92. The number of likely N-dealkylation sites (N-methyl/N-ethyl adjacent to an activating group) is 1. The predicted molar refractivity (Wildman–Crippen MR) is 75.5 cm³/mol. The quantitative estimate of drug-likeness (QED) is 0.901. The van der Waals surface area contributed by atoms with E-state index >= 15 is 0 Å². The van der Waals surface area contributed by atoms with Gasteiger partial charge in [-0.05, 0) is 13.5 Å². The van der Waals surface area contributed by atoms with Gasteiger partial charge in [-0.15, -0.1) is 0 Å². The second-order valence-corrected chi connectivity index (χ2v) is 4.99. The van der Waals surface area contributed by atoms with Crippen LogP contribution in [-0.4, -0.2) is 54.6 Å². The van der Waals surface area contributed by atoms with Gasteiger partial charge in [0.2, 0.25) is 5.95 Å². The predicted octanol–water partition coefficient (Wildman–Crippen LogP) is 1.70. The Labute approximate surface area is 113 Å². The average Bonchev–Trinajstić information content (AvgIpc) is 2.39. The highest BCUT2D eigenvalue weighted by Crippen LogP contribution is 2.24. The van der Waals surface area contributed by atoms with Crippen LogP contribution in [0.2, 0.25) is 5.02 Å². The van der Waals surface area contributed by atoms with E-state index in [9.17, 15) is 0 Å². The fourth-order valence-corrected chi connectivity index (χ4v) is 2.13. The van der Waals surface area contributed by atoms with Crippen LogP contribution in [0, 0.1) is 0 Å². The molecule has 0 amide bonds. The summed E-state index contributed by atoms with van der Waals surface area (Å²) in [5.41, 5.74) is 0. The second kappa shape index (κ2) is 6.20. The molecule has 1 aromatic rings. The minimum absolute atomic E-state index is 0.626. The standard InChI is InChI=1S/C12H20ClN5/c1-3-4-14-12-15-9-10(13)11(16-12)18-7-5-17(2)6-8-18/h9H,3-8H2,1-2H3,(H,14,15,16). The van der Waals surface area contributed by atoms with Crippen molar-refractivity contribution in [2.45, 2.75) is 13.3 Å². The van der Waals surface area contributed by atoms with E-state index in [1.165, 1.54) is 0 Å². The van der Waals surface area contributed by atoms with Gasteiger partial charge in [-0.25, -0.2) is 4.98 Å². The summed E-state index contributed by atoms with van der Waals surface area (Å²) in [7, 11) is 2.13. The molecule has 0 saturated carbocycles. The molecule has 100 valence electrons. The Morgan fingerprint density at radius 3 is 2.72 bits per heavy atom. The number of aromatic nitrogens is 2. The zero-order chi connectivity index (χ0) is 13.0. The van der Waals surface area contributed by atoms with E-state index in [1.54, 1.807) is 6.20 Å². The van der Waals surface area contributed by atoms with E-state index in [2.05, 4.69) is 39.1 Å². The lowest BCUT2D eigenvalue weighted by molar-refractivity contribution is 0.312. The molecule has 0 atom stereocenters. The second-order valence-electron chi connectivity index (χ2n) is 4.58. The van der Waals surface area contributed by atoms with Crippen LogP contribution < -0.4 is 10.2 Å². The minimum atomic E-state index is 0.626. The van der Waals surface area contributed by atoms with Crippen molar-refractivity contribution in [3.8, 4) is 0 Å². The number of halogens is 1. The molecule has 0 spiro atoms. The molecule has 1 fully saturated rings. The van der Waals surface area contributed by atoms with Crippen molar-refractivity contribution in [2.24, 2.45) is 0 Å². The van der Waals surface area contributed by atoms with Crippen LogP contribution in [-0.2, 0) is 0 Å². The largest absolute Gasteiger partial charge is 0.354 e. The third-order valence-electron chi connectivity index (χ3n) is 3.06. The zero-order valence-electron chi connectivity index (χ0n) is 11.0. The summed E-state index contributed by atoms with van der Waals surface area (Å²) in [5.74, 6) is 1.51. The number of hydrogen-bond donors (Lipinski definition) is 1. The highest BCUT2D eigenvalue weighted by molar-refractivity contribution is 6.32. The Morgan fingerprint density at radius 1 is 1.33 bits per heavy atom. The fraction of sp³-hybridized carbons (Fsp3) is 0.667. The maximum Gasteiger partial charge on any atom is 0.224 e. The van der Waals surface area contributed by atoms with Crippen molar-refractivity contribution >= 4 is 23.4 Å². The van der Waals surface area contributed by atoms with Crippen molar-refractivity contribution in [1.82, 2.24) is 14.9 Å². The van der Waals surface area contributed by atoms with Gasteiger partial charge in [0.05, 0.1) is 6.20 Å². The third-order valence-corrected chi connectivity index (χ3v) is 3.33. The Morgan fingerprint density at radius 2 is 2.06 bits per heavy atom. The van der Waals surface area contributed by atoms with Crippen molar-refractivity contribution in [2.75, 3.05) is 50.0 Å². The molecule has 0 radical (unpaired) electrons. The highest BCUT2D eigenvalue weighted by atomic mass is 35.5. The van der Waals surface area contributed by atoms with E-state index in [4.69, 9.17) is 11.6 Å². The maximum atomic E-state index is 6.19. The van der Waals surface area contributed by atoms with Crippen LogP contribution in [0.1, 0.15) is 13.3 Å². The SMILES string of the molecule is CCCNc1ncc(Cl)c(N2CCN(C)CC2)n1. The van der Waals surface area contributed by atoms with Crippen LogP contribution in [0.15, 0.2) is 6.20 Å². The summed E-state index contributed by atoms with van der Waals surface area (Å²) in [6.07, 6.45) is 2.73. The molecule has 0 aromatic carbocycles. The molecule has 5 nitrogen and oxygen atoms in total. The molecular weight excluding hydrogens is 250 g/mol. The van der Waals surface area contributed by atoms with Gasteiger partial charge in [-0.2, -0.15) is 4.98 Å². The number of rotatable bonds is 4. The Hall–Kier alpha value is -1.07. The lowest BCUT2D eigenvalue weighted by Crippen LogP contribution is -2.45. The zero-order valence-corrected chi connectivity index (χ0v) is 11.7. The van der Waals surface area contributed by atoms with E-state index in [-0.39, 0.29) is 0 Å². The summed E-state index contributed by atoms with van der Waals surface area (Å²) >= 11 is 6.19. The van der Waals surface area contributed by atoms with Crippen LogP contribution in [0.25, 0.3) is 0 Å². The maximum absolute atomic E-state index is 6.19. The molecule has 1 saturated heterocycles. The Kier molecular flexibility index (Phi) is 4.60. The van der Waals surface area contributed by atoms with Gasteiger partial charge in [0.15, 0.2) is 5.82 Å². The van der Waals surface area contributed by atoms with Crippen LogP contribution in [0.5, 0.6) is 0 Å². The van der Waals surface area contributed by atoms with Crippen molar-refractivity contribution in [1.29, 1.82) is 0 Å². The average molecular weight is 270 g/mol. The van der Waals surface area contributed by atoms with Gasteiger partial charge in [-0.3, -0.25) is 0 Å². The molecule has 6 heteroatoms. The third kappa shape index (κ3) is 3.23. The minimum Gasteiger partial charge on any atom is -0.354 e. The molecule has 2 rings (SSSR count). The van der Waals surface area contributed by atoms with Gasteiger partial charge in [-0.1, -0.05) is 18.5 Å². The van der Waals surface area contributed by atoms with Gasteiger partial charge in [0, 0.05) is 32.7 Å². The smallest absolute Gasteiger partial charge is 0.224 e. The van der Waals surface area contributed by atoms with Gasteiger partial charge < -0.3 is 15.1 Å². The number of piperazine rings is 1. The number of anilines is 2. The topological polar surface area (TPSA) is 44.3 Å². The molecule has 2 heterocycles. The normalized spacial score (nSPS) is 16.9. The molecule has 0 bridgehead atoms. The van der Waals surface area contributed by atoms with Crippen LogP contribution in [0.3, 0.4) is 0 Å². The summed E-state index contributed by atoms with van der Waals surface area (Å²) in [4.78, 5) is 13.2. The summed E-state index contributed by atoms with van der Waals surface area (Å²) in [5, 5.41) is 3.82. The van der Waals surface area contributed by atoms with E-state index in [0.29, 0.717) is 11.0 Å². The summed E-state index contributed by atoms with van der Waals surface area (Å²) < 4.78 is 0. The summed E-state index contributed by atoms with van der Waals surface area (Å²) in [6.45, 7) is 6.99. The molecule has 1 aromatic heterocycles. The van der Waals surface area contributed by atoms with Crippen molar-refractivity contribution in [3.05, 3.63) is 11.2 Å². The van der Waals surface area contributed by atoms with Gasteiger partial charge in [0.25, 0.3) is 0 Å². The summed E-state index contributed by atoms with van der Waals surface area (Å²) in [6, 6.07) is 0. The first-order valence-corrected chi connectivity index (χ1v) is 6.78. The number of nitrogens with one attached hydrogen (secondary N) is 1. The molecule has 1 N–H and O–H groups in total. The van der Waals surface area contributed by atoms with Crippen molar-refractivity contribution < 1.29 is 0 Å². The first-order valence-electron chi connectivity index (χ1n) is 6.40. The molecule has 1 aliphatic rings. The highest BCUT2D eigenvalue weighted by Gasteiger charge is 2.18. The molecule has 1 aliphatic heterocycles. The lowest BCUT2D eigenvalue weighted by atomic mass is 10.3. The first kappa shape index (κ1) is 13.4. The van der Waals surface area contributed by atoms with E-state index in [0.717, 1.165) is 45.0 Å². The molecule has 18 heavy (non-hydrogen) atoms. The van der Waals surface area contributed by atoms with Gasteiger partial charge >= 0.3 is 0 Å². The van der Waals surface area contributed by atoms with Crippen LogP contribution in [0.4, 0.5) is 11.8 Å². The lowest BCUT2D eigenvalue weighted by Gasteiger charge is -2.33. The monoisotopic (exact) mass is 269 g/mol. The first-order chi connectivity index (χ1) is 8.70. The van der Waals surface area contributed by atoms with E-state index in [1.807, 2.05) is 0 Å². The molecular formula is C12H20ClN5. The van der Waals surface area contributed by atoms with Gasteiger partial charge in [0.1, 0.15) is 5.02 Å². The molecule has 0 aliphatic carbocycles. The number of hydrogen-bond acceptors (Lipinski definition) is 5.